The van der Waals surface area contributed by atoms with Crippen LogP contribution in [0.2, 0.25) is 0 Å². The summed E-state index contributed by atoms with van der Waals surface area (Å²) >= 11 is 7.12. The lowest BCUT2D eigenvalue weighted by Crippen LogP contribution is -2.20. The number of amides is 2. The molecule has 0 aliphatic carbocycles. The zero-order chi connectivity index (χ0) is 27.9. The van der Waals surface area contributed by atoms with E-state index in [4.69, 9.17) is 0 Å². The van der Waals surface area contributed by atoms with E-state index in [-0.39, 0.29) is 24.7 Å². The molecule has 0 saturated heterocycles. The lowest BCUT2D eigenvalue weighted by molar-refractivity contribution is -0.121. The van der Waals surface area contributed by atoms with E-state index < -0.39 is 0 Å². The average Bonchev–Trinajstić information content (AvgIpc) is 2.97. The van der Waals surface area contributed by atoms with E-state index in [0.29, 0.717) is 0 Å². The molecule has 0 unspecified atom stereocenters. The molecule has 2 amide bonds. The summed E-state index contributed by atoms with van der Waals surface area (Å²) in [4.78, 5) is 24.9. The van der Waals surface area contributed by atoms with E-state index in [0.717, 1.165) is 52.7 Å². The molecule has 0 bridgehead atoms. The average molecular weight is 656 g/mol. The van der Waals surface area contributed by atoms with E-state index in [2.05, 4.69) is 52.9 Å². The highest BCUT2D eigenvalue weighted by atomic mass is 79.9. The Kier molecular flexibility index (Phi) is 8.78. The SMILES string of the molecule is O=C(Cc1ccc(Br)c2ccccc12)N/N=C/c1ccc(/C=N/NC(=O)Cc2ccc(Br)c3ccccc23)cc1. The second-order valence-corrected chi connectivity index (χ2v) is 10.8. The molecule has 8 heteroatoms. The summed E-state index contributed by atoms with van der Waals surface area (Å²) in [5.74, 6) is -0.390. The molecule has 0 aliphatic rings. The highest BCUT2D eigenvalue weighted by molar-refractivity contribution is 9.11. The van der Waals surface area contributed by atoms with Crippen molar-refractivity contribution >= 4 is 77.6 Å². The summed E-state index contributed by atoms with van der Waals surface area (Å²) in [7, 11) is 0. The maximum Gasteiger partial charge on any atom is 0.244 e. The maximum atomic E-state index is 12.5. The third-order valence-corrected chi connectivity index (χ3v) is 7.75. The molecular formula is C32H24Br2N4O2. The number of hydrogen-bond donors (Lipinski definition) is 2. The standard InChI is InChI=1S/C32H24Br2N4O2/c33-29-15-13-23(25-5-1-3-7-27(25)29)17-31(39)37-35-19-21-9-11-22(12-10-21)20-36-38-32(40)18-24-14-16-30(34)28-8-4-2-6-26(24)28/h1-16,19-20H,17-18H2,(H,37,39)(H,38,40)/b35-19+,36-20+. The molecule has 0 heterocycles. The Labute approximate surface area is 248 Å². The fourth-order valence-electron chi connectivity index (χ4n) is 4.41. The molecule has 5 rings (SSSR count). The number of fused-ring (bicyclic) bond motifs is 2. The van der Waals surface area contributed by atoms with Crippen LogP contribution in [0, 0.1) is 0 Å². The number of hydrogen-bond acceptors (Lipinski definition) is 4. The number of halogens is 2. The van der Waals surface area contributed by atoms with Crippen molar-refractivity contribution in [1.29, 1.82) is 0 Å². The molecule has 198 valence electrons. The van der Waals surface area contributed by atoms with Crippen LogP contribution < -0.4 is 10.9 Å². The Balaban J connectivity index is 1.12. The van der Waals surface area contributed by atoms with Gasteiger partial charge in [-0.3, -0.25) is 9.59 Å². The third-order valence-electron chi connectivity index (χ3n) is 6.37. The van der Waals surface area contributed by atoms with Gasteiger partial charge in [-0.05, 0) is 55.9 Å². The van der Waals surface area contributed by atoms with Crippen LogP contribution >= 0.6 is 31.9 Å². The lowest BCUT2D eigenvalue weighted by Gasteiger charge is -2.07. The van der Waals surface area contributed by atoms with Crippen LogP contribution in [0.3, 0.4) is 0 Å². The topological polar surface area (TPSA) is 82.9 Å². The van der Waals surface area contributed by atoms with Gasteiger partial charge in [0.2, 0.25) is 11.8 Å². The van der Waals surface area contributed by atoms with Gasteiger partial charge < -0.3 is 0 Å². The van der Waals surface area contributed by atoms with Crippen molar-refractivity contribution in [1.82, 2.24) is 10.9 Å². The normalized spacial score (nSPS) is 11.4. The van der Waals surface area contributed by atoms with Crippen LogP contribution in [0.1, 0.15) is 22.3 Å². The van der Waals surface area contributed by atoms with Gasteiger partial charge in [0.25, 0.3) is 0 Å². The van der Waals surface area contributed by atoms with Crippen LogP contribution in [-0.2, 0) is 22.4 Å². The Morgan fingerprint density at radius 3 is 1.32 bits per heavy atom. The van der Waals surface area contributed by atoms with Gasteiger partial charge in [-0.1, -0.05) is 117 Å². The van der Waals surface area contributed by atoms with Gasteiger partial charge in [0.05, 0.1) is 25.3 Å². The molecule has 5 aromatic rings. The Hall–Kier alpha value is -4.14. The predicted octanol–water partition coefficient (Wildman–Crippen LogP) is 6.90. The summed E-state index contributed by atoms with van der Waals surface area (Å²) in [6.07, 6.45) is 3.63. The van der Waals surface area contributed by atoms with E-state index >= 15 is 0 Å². The minimum atomic E-state index is -0.195. The number of benzene rings is 5. The van der Waals surface area contributed by atoms with Gasteiger partial charge in [0.1, 0.15) is 0 Å². The molecule has 0 radical (unpaired) electrons. The first kappa shape index (κ1) is 27.4. The molecule has 0 atom stereocenters. The zero-order valence-electron chi connectivity index (χ0n) is 21.3. The van der Waals surface area contributed by atoms with E-state index in [1.807, 2.05) is 97.1 Å². The summed E-state index contributed by atoms with van der Waals surface area (Å²) in [6, 6.07) is 31.1. The quantitative estimate of drug-likeness (QED) is 0.141. The molecule has 6 nitrogen and oxygen atoms in total. The number of carbonyl (C=O) groups is 2. The molecule has 40 heavy (non-hydrogen) atoms. The van der Waals surface area contributed by atoms with Crippen molar-refractivity contribution in [3.05, 3.63) is 128 Å². The van der Waals surface area contributed by atoms with Crippen molar-refractivity contribution in [3.8, 4) is 0 Å². The van der Waals surface area contributed by atoms with Crippen LogP contribution in [0.5, 0.6) is 0 Å². The van der Waals surface area contributed by atoms with Gasteiger partial charge in [0, 0.05) is 8.95 Å². The Bertz CT molecular complexity index is 1630. The molecule has 0 aliphatic heterocycles. The van der Waals surface area contributed by atoms with Crippen LogP contribution in [-0.4, -0.2) is 24.2 Å². The van der Waals surface area contributed by atoms with Crippen molar-refractivity contribution in [2.75, 3.05) is 0 Å². The highest BCUT2D eigenvalue weighted by Gasteiger charge is 2.09. The summed E-state index contributed by atoms with van der Waals surface area (Å²) in [5, 5.41) is 12.4. The van der Waals surface area contributed by atoms with Gasteiger partial charge in [-0.25, -0.2) is 10.9 Å². The van der Waals surface area contributed by atoms with Crippen LogP contribution in [0.4, 0.5) is 0 Å². The first-order valence-corrected chi connectivity index (χ1v) is 14.1. The summed E-state index contributed by atoms with van der Waals surface area (Å²) in [5.41, 5.74) is 8.70. The van der Waals surface area contributed by atoms with Gasteiger partial charge in [0.15, 0.2) is 0 Å². The smallest absolute Gasteiger partial charge is 0.244 e. The van der Waals surface area contributed by atoms with E-state index in [9.17, 15) is 9.59 Å². The number of carbonyl (C=O) groups excluding carboxylic acids is 2. The van der Waals surface area contributed by atoms with Crippen LogP contribution in [0.15, 0.2) is 116 Å². The second-order valence-electron chi connectivity index (χ2n) is 9.11. The number of nitrogens with zero attached hydrogens (tertiary/aromatic N) is 2. The summed E-state index contributed by atoms with van der Waals surface area (Å²) < 4.78 is 1.99. The molecule has 0 saturated carbocycles. The minimum absolute atomic E-state index is 0.195. The molecule has 0 fully saturated rings. The zero-order valence-corrected chi connectivity index (χ0v) is 24.4. The van der Waals surface area contributed by atoms with Crippen molar-refractivity contribution in [2.24, 2.45) is 10.2 Å². The molecular weight excluding hydrogens is 632 g/mol. The third kappa shape index (κ3) is 6.70. The van der Waals surface area contributed by atoms with Gasteiger partial charge in [-0.15, -0.1) is 0 Å². The summed E-state index contributed by atoms with van der Waals surface area (Å²) in [6.45, 7) is 0. The first-order chi connectivity index (χ1) is 19.5. The molecule has 2 N–H and O–H groups in total. The van der Waals surface area contributed by atoms with Crippen LogP contribution in [0.25, 0.3) is 21.5 Å². The number of nitrogens with one attached hydrogen (secondary N) is 2. The minimum Gasteiger partial charge on any atom is -0.273 e. The second kappa shape index (κ2) is 12.8. The van der Waals surface area contributed by atoms with E-state index in [1.54, 1.807) is 12.4 Å². The fourth-order valence-corrected chi connectivity index (χ4v) is 5.36. The van der Waals surface area contributed by atoms with E-state index in [1.165, 1.54) is 0 Å². The monoisotopic (exact) mass is 654 g/mol. The molecule has 0 aromatic heterocycles. The van der Waals surface area contributed by atoms with Gasteiger partial charge >= 0.3 is 0 Å². The Morgan fingerprint density at radius 1 is 0.550 bits per heavy atom. The van der Waals surface area contributed by atoms with Crippen molar-refractivity contribution in [2.45, 2.75) is 12.8 Å². The largest absolute Gasteiger partial charge is 0.273 e. The molecule has 0 spiro atoms. The fraction of sp³-hybridized carbons (Fsp3) is 0.0625. The lowest BCUT2D eigenvalue weighted by atomic mass is 10.0. The number of hydrazone groups is 2. The maximum absolute atomic E-state index is 12.5. The predicted molar refractivity (Wildman–Crippen MR) is 169 cm³/mol. The molecule has 5 aromatic carbocycles. The van der Waals surface area contributed by atoms with Gasteiger partial charge in [-0.2, -0.15) is 10.2 Å². The first-order valence-electron chi connectivity index (χ1n) is 12.5. The highest BCUT2D eigenvalue weighted by Crippen LogP contribution is 2.28. The number of rotatable bonds is 8. The van der Waals surface area contributed by atoms with Crippen molar-refractivity contribution < 1.29 is 9.59 Å². The Morgan fingerprint density at radius 2 is 0.925 bits per heavy atom. The van der Waals surface area contributed by atoms with Crippen molar-refractivity contribution in [3.63, 3.8) is 0 Å².